The van der Waals surface area contributed by atoms with E-state index in [1.54, 1.807) is 6.08 Å². The standard InChI is InChI=1S/C15H16ClN3O2/c1-2-8-20-13-6-7-19(10-13)15-17-14(18-21-15)11-4-3-5-12(16)9-11/h2-5,9,13H,1,6-8,10H2. The van der Waals surface area contributed by atoms with Crippen LogP contribution in [0.25, 0.3) is 11.4 Å². The summed E-state index contributed by atoms with van der Waals surface area (Å²) < 4.78 is 11.0. The van der Waals surface area contributed by atoms with Gasteiger partial charge in [-0.2, -0.15) is 4.98 Å². The second kappa shape index (κ2) is 6.28. The Kier molecular flexibility index (Phi) is 4.22. The summed E-state index contributed by atoms with van der Waals surface area (Å²) in [6.45, 7) is 5.82. The van der Waals surface area contributed by atoms with E-state index in [-0.39, 0.29) is 6.10 Å². The Labute approximate surface area is 128 Å². The van der Waals surface area contributed by atoms with Crippen LogP contribution in [0.1, 0.15) is 6.42 Å². The van der Waals surface area contributed by atoms with Crippen LogP contribution in [0.3, 0.4) is 0 Å². The van der Waals surface area contributed by atoms with Gasteiger partial charge in [0.2, 0.25) is 5.82 Å². The molecule has 0 aliphatic carbocycles. The molecule has 0 bridgehead atoms. The fraction of sp³-hybridized carbons (Fsp3) is 0.333. The summed E-state index contributed by atoms with van der Waals surface area (Å²) in [5.41, 5.74) is 0.844. The summed E-state index contributed by atoms with van der Waals surface area (Å²) in [6, 6.07) is 7.92. The summed E-state index contributed by atoms with van der Waals surface area (Å²) in [5, 5.41) is 4.67. The van der Waals surface area contributed by atoms with Gasteiger partial charge in [-0.1, -0.05) is 35.0 Å². The molecule has 1 unspecified atom stereocenters. The number of hydrogen-bond donors (Lipinski definition) is 0. The quantitative estimate of drug-likeness (QED) is 0.794. The van der Waals surface area contributed by atoms with E-state index in [0.717, 1.165) is 25.1 Å². The lowest BCUT2D eigenvalue weighted by atomic mass is 10.2. The molecule has 1 atom stereocenters. The van der Waals surface area contributed by atoms with E-state index in [1.807, 2.05) is 29.2 Å². The summed E-state index contributed by atoms with van der Waals surface area (Å²) in [6.07, 6.45) is 2.89. The van der Waals surface area contributed by atoms with Crippen molar-refractivity contribution in [2.24, 2.45) is 0 Å². The average Bonchev–Trinajstić information content (AvgIpc) is 3.14. The molecule has 5 nitrogen and oxygen atoms in total. The zero-order chi connectivity index (χ0) is 14.7. The lowest BCUT2D eigenvalue weighted by Gasteiger charge is -2.12. The predicted octanol–water partition coefficient (Wildman–Crippen LogP) is 3.17. The van der Waals surface area contributed by atoms with Gasteiger partial charge in [-0.05, 0) is 18.6 Å². The van der Waals surface area contributed by atoms with Gasteiger partial charge in [0, 0.05) is 23.7 Å². The minimum atomic E-state index is 0.185. The van der Waals surface area contributed by atoms with E-state index < -0.39 is 0 Å². The maximum Gasteiger partial charge on any atom is 0.324 e. The lowest BCUT2D eigenvalue weighted by Crippen LogP contribution is -2.23. The van der Waals surface area contributed by atoms with Crippen LogP contribution in [0.4, 0.5) is 6.01 Å². The zero-order valence-corrected chi connectivity index (χ0v) is 12.3. The Morgan fingerprint density at radius 3 is 3.24 bits per heavy atom. The monoisotopic (exact) mass is 305 g/mol. The van der Waals surface area contributed by atoms with Crippen molar-refractivity contribution in [1.82, 2.24) is 10.1 Å². The molecule has 0 spiro atoms. The summed E-state index contributed by atoms with van der Waals surface area (Å²) in [4.78, 5) is 6.47. The molecule has 1 aliphatic rings. The third kappa shape index (κ3) is 3.25. The van der Waals surface area contributed by atoms with Crippen molar-refractivity contribution in [2.45, 2.75) is 12.5 Å². The molecule has 0 N–H and O–H groups in total. The number of hydrogen-bond acceptors (Lipinski definition) is 5. The van der Waals surface area contributed by atoms with E-state index in [4.69, 9.17) is 20.9 Å². The molecule has 0 amide bonds. The first-order valence-electron chi connectivity index (χ1n) is 6.83. The Balaban J connectivity index is 1.70. The Morgan fingerprint density at radius 1 is 1.52 bits per heavy atom. The van der Waals surface area contributed by atoms with Crippen molar-refractivity contribution >= 4 is 17.6 Å². The molecule has 1 aliphatic heterocycles. The predicted molar refractivity (Wildman–Crippen MR) is 81.5 cm³/mol. The van der Waals surface area contributed by atoms with Gasteiger partial charge in [0.15, 0.2) is 0 Å². The molecule has 3 rings (SSSR count). The fourth-order valence-electron chi connectivity index (χ4n) is 2.33. The number of anilines is 1. The van der Waals surface area contributed by atoms with Crippen molar-refractivity contribution < 1.29 is 9.26 Å². The average molecular weight is 306 g/mol. The van der Waals surface area contributed by atoms with E-state index in [2.05, 4.69) is 16.7 Å². The van der Waals surface area contributed by atoms with Gasteiger partial charge in [0.1, 0.15) is 0 Å². The highest BCUT2D eigenvalue weighted by atomic mass is 35.5. The second-order valence-electron chi connectivity index (χ2n) is 4.89. The van der Waals surface area contributed by atoms with Gasteiger partial charge >= 0.3 is 6.01 Å². The van der Waals surface area contributed by atoms with Gasteiger partial charge in [0.25, 0.3) is 0 Å². The SMILES string of the molecule is C=CCOC1CCN(c2nc(-c3cccc(Cl)c3)no2)C1. The van der Waals surface area contributed by atoms with Gasteiger partial charge in [-0.25, -0.2) is 0 Å². The molecule has 6 heteroatoms. The van der Waals surface area contributed by atoms with Crippen molar-refractivity contribution in [1.29, 1.82) is 0 Å². The molecule has 1 saturated heterocycles. The summed E-state index contributed by atoms with van der Waals surface area (Å²) in [5.74, 6) is 0.544. The number of nitrogens with zero attached hydrogens (tertiary/aromatic N) is 3. The Hall–Kier alpha value is -1.85. The highest BCUT2D eigenvalue weighted by Crippen LogP contribution is 2.25. The first kappa shape index (κ1) is 14.1. The van der Waals surface area contributed by atoms with E-state index in [0.29, 0.717) is 23.5 Å². The first-order valence-corrected chi connectivity index (χ1v) is 7.21. The van der Waals surface area contributed by atoms with Crippen LogP contribution in [0.2, 0.25) is 5.02 Å². The number of ether oxygens (including phenoxy) is 1. The van der Waals surface area contributed by atoms with Gasteiger partial charge in [0.05, 0.1) is 12.7 Å². The molecule has 1 aromatic carbocycles. The Bertz CT molecular complexity index is 629. The molecule has 2 heterocycles. The second-order valence-corrected chi connectivity index (χ2v) is 5.33. The van der Waals surface area contributed by atoms with Crippen molar-refractivity contribution in [3.63, 3.8) is 0 Å². The maximum absolute atomic E-state index is 5.98. The summed E-state index contributed by atoms with van der Waals surface area (Å²) >= 11 is 5.98. The normalized spacial score (nSPS) is 18.1. The molecule has 110 valence electrons. The Morgan fingerprint density at radius 2 is 2.43 bits per heavy atom. The van der Waals surface area contributed by atoms with E-state index in [1.165, 1.54) is 0 Å². The number of benzene rings is 1. The third-order valence-corrected chi connectivity index (χ3v) is 3.60. The first-order chi connectivity index (χ1) is 10.3. The molecule has 0 radical (unpaired) electrons. The third-order valence-electron chi connectivity index (χ3n) is 3.36. The van der Waals surface area contributed by atoms with Crippen molar-refractivity contribution in [3.8, 4) is 11.4 Å². The van der Waals surface area contributed by atoms with Crippen LogP contribution in [-0.4, -0.2) is 35.9 Å². The van der Waals surface area contributed by atoms with Crippen LogP contribution < -0.4 is 4.90 Å². The highest BCUT2D eigenvalue weighted by Gasteiger charge is 2.26. The van der Waals surface area contributed by atoms with Gasteiger partial charge in [-0.3, -0.25) is 0 Å². The molecule has 2 aromatic rings. The zero-order valence-electron chi connectivity index (χ0n) is 11.5. The number of aromatic nitrogens is 2. The van der Waals surface area contributed by atoms with Gasteiger partial charge < -0.3 is 14.2 Å². The van der Waals surface area contributed by atoms with Crippen LogP contribution in [-0.2, 0) is 4.74 Å². The minimum absolute atomic E-state index is 0.185. The van der Waals surface area contributed by atoms with Crippen LogP contribution >= 0.6 is 11.6 Å². The van der Waals surface area contributed by atoms with Crippen molar-refractivity contribution in [3.05, 3.63) is 41.9 Å². The number of rotatable bonds is 5. The van der Waals surface area contributed by atoms with Crippen LogP contribution in [0.15, 0.2) is 41.4 Å². The lowest BCUT2D eigenvalue weighted by molar-refractivity contribution is 0.0906. The van der Waals surface area contributed by atoms with Crippen molar-refractivity contribution in [2.75, 3.05) is 24.6 Å². The smallest absolute Gasteiger partial charge is 0.324 e. The number of halogens is 1. The van der Waals surface area contributed by atoms with Crippen LogP contribution in [0, 0.1) is 0 Å². The molecule has 0 saturated carbocycles. The van der Waals surface area contributed by atoms with E-state index in [9.17, 15) is 0 Å². The molecule has 1 fully saturated rings. The molecular formula is C15H16ClN3O2. The topological polar surface area (TPSA) is 51.4 Å². The molecule has 21 heavy (non-hydrogen) atoms. The van der Waals surface area contributed by atoms with Crippen LogP contribution in [0.5, 0.6) is 0 Å². The largest absolute Gasteiger partial charge is 0.372 e. The fourth-order valence-corrected chi connectivity index (χ4v) is 2.52. The molecular weight excluding hydrogens is 290 g/mol. The van der Waals surface area contributed by atoms with Gasteiger partial charge in [-0.15, -0.1) is 6.58 Å². The maximum atomic E-state index is 5.98. The molecule has 1 aromatic heterocycles. The minimum Gasteiger partial charge on any atom is -0.372 e. The highest BCUT2D eigenvalue weighted by molar-refractivity contribution is 6.30. The summed E-state index contributed by atoms with van der Waals surface area (Å²) in [7, 11) is 0. The van der Waals surface area contributed by atoms with E-state index >= 15 is 0 Å².